The highest BCUT2D eigenvalue weighted by atomic mass is 19.4. The number of carboxylic acid groups (broad SMARTS) is 1. The van der Waals surface area contributed by atoms with Gasteiger partial charge in [0.05, 0.1) is 0 Å². The van der Waals surface area contributed by atoms with Gasteiger partial charge >= 0.3 is 53.1 Å². The molecule has 2 aliphatic carbocycles. The zero-order valence-electron chi connectivity index (χ0n) is 12.8. The fourth-order valence-electron chi connectivity index (χ4n) is 3.22. The van der Waals surface area contributed by atoms with Crippen LogP contribution in [0.15, 0.2) is 0 Å². The number of carboxylic acids is 1. The topological polar surface area (TPSA) is 37.3 Å². The van der Waals surface area contributed by atoms with Crippen LogP contribution in [-0.2, 0) is 4.79 Å². The molecule has 0 aromatic heterocycles. The van der Waals surface area contributed by atoms with Crippen LogP contribution >= 0.6 is 0 Å². The summed E-state index contributed by atoms with van der Waals surface area (Å²) in [6.07, 6.45) is 0. The van der Waals surface area contributed by atoms with Crippen molar-refractivity contribution < 1.29 is 84.5 Å². The molecule has 2 rings (SSSR count). The van der Waals surface area contributed by atoms with E-state index in [0.29, 0.717) is 0 Å². The Morgan fingerprint density at radius 2 is 0.633 bits per heavy atom. The number of halogens is 17. The van der Waals surface area contributed by atoms with E-state index in [0.717, 1.165) is 0 Å². The molecule has 0 spiro atoms. The van der Waals surface area contributed by atoms with Crippen LogP contribution in [-0.4, -0.2) is 69.5 Å². The maximum atomic E-state index is 14.5. The van der Waals surface area contributed by atoms with Gasteiger partial charge in [-0.15, -0.1) is 0 Å². The first-order valence-corrected chi connectivity index (χ1v) is 6.64. The molecular weight excluding hydrogens is 487 g/mol. The maximum Gasteiger partial charge on any atom is 0.382 e. The molecular formula is C11HF17O2. The summed E-state index contributed by atoms with van der Waals surface area (Å²) in [5.41, 5.74) is -25.2. The molecule has 1 N–H and O–H groups in total. The summed E-state index contributed by atoms with van der Waals surface area (Å²) in [4.78, 5) is 10.5. The lowest BCUT2D eigenvalue weighted by atomic mass is 9.52. The quantitative estimate of drug-likeness (QED) is 0.546. The second kappa shape index (κ2) is 5.02. The first-order chi connectivity index (χ1) is 12.7. The van der Waals surface area contributed by atoms with Crippen LogP contribution in [0, 0.1) is 0 Å². The van der Waals surface area contributed by atoms with Gasteiger partial charge in [0.25, 0.3) is 11.3 Å². The number of carbonyl (C=O) groups is 1. The number of rotatable bonds is 1. The lowest BCUT2D eigenvalue weighted by Gasteiger charge is -2.63. The highest BCUT2D eigenvalue weighted by Gasteiger charge is 3.15. The summed E-state index contributed by atoms with van der Waals surface area (Å²) in [6.45, 7) is 0. The van der Waals surface area contributed by atoms with Crippen molar-refractivity contribution in [2.75, 3.05) is 0 Å². The van der Waals surface area contributed by atoms with Crippen LogP contribution in [0.2, 0.25) is 0 Å². The van der Waals surface area contributed by atoms with E-state index < -0.39 is 64.4 Å². The highest BCUT2D eigenvalue weighted by molar-refractivity contribution is 5.82. The minimum Gasteiger partial charge on any atom is -0.479 e. The SMILES string of the molecule is O=C(O)[C@]1(F)C(F)(F)C(F)(F)[C@]2(F)C(F)(F)C(F)(F)C(F)(F)C(F)(F)[C@]2(F)C1(F)F. The lowest BCUT2D eigenvalue weighted by Crippen LogP contribution is -2.99. The van der Waals surface area contributed by atoms with Gasteiger partial charge in [-0.25, -0.2) is 18.0 Å². The van der Waals surface area contributed by atoms with Gasteiger partial charge in [0.2, 0.25) is 0 Å². The molecule has 30 heavy (non-hydrogen) atoms. The van der Waals surface area contributed by atoms with Gasteiger partial charge in [-0.2, -0.15) is 61.5 Å². The summed E-state index contributed by atoms with van der Waals surface area (Å²) in [6, 6.07) is 0. The molecule has 0 aromatic carbocycles. The van der Waals surface area contributed by atoms with Crippen LogP contribution in [0.4, 0.5) is 74.6 Å². The largest absolute Gasteiger partial charge is 0.479 e. The first-order valence-electron chi connectivity index (χ1n) is 6.64. The van der Waals surface area contributed by atoms with Crippen molar-refractivity contribution in [2.24, 2.45) is 0 Å². The predicted molar refractivity (Wildman–Crippen MR) is 53.8 cm³/mol. The predicted octanol–water partition coefficient (Wildman–Crippen LogP) is 4.67. The molecule has 2 nitrogen and oxygen atoms in total. The van der Waals surface area contributed by atoms with Gasteiger partial charge < -0.3 is 5.11 Å². The number of fused-ring (bicyclic) bond motifs is 1. The van der Waals surface area contributed by atoms with E-state index >= 15 is 0 Å². The Hall–Kier alpha value is -1.72. The summed E-state index contributed by atoms with van der Waals surface area (Å²) in [5.74, 6) is -63.4. The van der Waals surface area contributed by atoms with Gasteiger partial charge in [-0.3, -0.25) is 0 Å². The van der Waals surface area contributed by atoms with Crippen LogP contribution in [0.25, 0.3) is 0 Å². The Morgan fingerprint density at radius 3 is 0.900 bits per heavy atom. The van der Waals surface area contributed by atoms with Gasteiger partial charge in [0, 0.05) is 0 Å². The smallest absolute Gasteiger partial charge is 0.382 e. The Kier molecular flexibility index (Phi) is 4.11. The minimum atomic E-state index is -8.68. The second-order valence-corrected chi connectivity index (χ2v) is 6.30. The molecule has 176 valence electrons. The Balaban J connectivity index is 3.29. The van der Waals surface area contributed by atoms with Crippen molar-refractivity contribution in [2.45, 2.75) is 58.5 Å². The van der Waals surface area contributed by atoms with Gasteiger partial charge in [0.1, 0.15) is 0 Å². The fraction of sp³-hybridized carbons (Fsp3) is 0.909. The van der Waals surface area contributed by atoms with E-state index in [1.165, 1.54) is 0 Å². The van der Waals surface area contributed by atoms with Gasteiger partial charge in [0.15, 0.2) is 0 Å². The molecule has 3 atom stereocenters. The van der Waals surface area contributed by atoms with Crippen LogP contribution in [0.1, 0.15) is 0 Å². The van der Waals surface area contributed by atoms with Crippen molar-refractivity contribution in [3.63, 3.8) is 0 Å². The van der Waals surface area contributed by atoms with E-state index in [4.69, 9.17) is 5.11 Å². The molecule has 0 amide bonds. The number of alkyl halides is 17. The number of aliphatic carboxylic acids is 1. The van der Waals surface area contributed by atoms with Crippen LogP contribution in [0.5, 0.6) is 0 Å². The van der Waals surface area contributed by atoms with E-state index in [9.17, 15) is 79.4 Å². The van der Waals surface area contributed by atoms with Crippen molar-refractivity contribution in [1.82, 2.24) is 0 Å². The monoisotopic (exact) mass is 488 g/mol. The Labute approximate surface area is 150 Å². The van der Waals surface area contributed by atoms with Crippen molar-refractivity contribution in [3.8, 4) is 0 Å². The second-order valence-electron chi connectivity index (χ2n) is 6.30. The Bertz CT molecular complexity index is 804. The maximum absolute atomic E-state index is 14.5. The molecule has 0 bridgehead atoms. The third-order valence-corrected chi connectivity index (χ3v) is 4.94. The summed E-state index contributed by atoms with van der Waals surface area (Å²) in [5, 5.41) is 8.10. The molecule has 0 aliphatic heterocycles. The summed E-state index contributed by atoms with van der Waals surface area (Å²) in [7, 11) is 0. The van der Waals surface area contributed by atoms with Crippen LogP contribution in [0.3, 0.4) is 0 Å². The number of hydrogen-bond acceptors (Lipinski definition) is 1. The number of hydrogen-bond donors (Lipinski definition) is 1. The zero-order chi connectivity index (χ0) is 24.6. The van der Waals surface area contributed by atoms with Gasteiger partial charge in [-0.05, 0) is 0 Å². The standard InChI is InChI=1S/C11HF17O2/c12-2(1(29)30)5(15,16)3(13)4(14,7(19,20)6(2,17)18)9(23,24)11(27,28)10(25,26)8(3,21)22/h(H,29,30)/t2-,3-,4+/m1/s1. The first kappa shape index (κ1) is 24.5. The molecule has 2 fully saturated rings. The average Bonchev–Trinajstić information content (AvgIpc) is 2.55. The zero-order valence-corrected chi connectivity index (χ0v) is 12.8. The molecule has 0 saturated heterocycles. The molecule has 19 heteroatoms. The van der Waals surface area contributed by atoms with Crippen molar-refractivity contribution >= 4 is 5.97 Å². The van der Waals surface area contributed by atoms with E-state index in [1.54, 1.807) is 0 Å². The summed E-state index contributed by atoms with van der Waals surface area (Å²) >= 11 is 0. The van der Waals surface area contributed by atoms with Crippen molar-refractivity contribution in [1.29, 1.82) is 0 Å². The molecule has 2 saturated carbocycles. The molecule has 0 aromatic rings. The normalized spacial score (nSPS) is 44.0. The van der Waals surface area contributed by atoms with Crippen LogP contribution < -0.4 is 0 Å². The molecule has 0 heterocycles. The molecule has 2 aliphatic rings. The van der Waals surface area contributed by atoms with Gasteiger partial charge in [-0.1, -0.05) is 0 Å². The Morgan fingerprint density at radius 1 is 0.400 bits per heavy atom. The third kappa shape index (κ3) is 1.57. The average molecular weight is 488 g/mol. The summed E-state index contributed by atoms with van der Waals surface area (Å²) < 4.78 is 233. The lowest BCUT2D eigenvalue weighted by molar-refractivity contribution is -0.546. The fourth-order valence-corrected chi connectivity index (χ4v) is 3.22. The van der Waals surface area contributed by atoms with E-state index in [1.807, 2.05) is 0 Å². The van der Waals surface area contributed by atoms with E-state index in [2.05, 4.69) is 0 Å². The minimum absolute atomic E-state index is 4.73. The van der Waals surface area contributed by atoms with Crippen molar-refractivity contribution in [3.05, 3.63) is 0 Å². The van der Waals surface area contributed by atoms with E-state index in [-0.39, 0.29) is 0 Å². The molecule has 0 unspecified atom stereocenters. The molecule has 0 radical (unpaired) electrons. The third-order valence-electron chi connectivity index (χ3n) is 4.94. The highest BCUT2D eigenvalue weighted by Crippen LogP contribution is 2.80.